The highest BCUT2D eigenvalue weighted by Gasteiger charge is 2.36. The largest absolute Gasteiger partial charge is 0.369 e. The number of sulfonamides is 1. The van der Waals surface area contributed by atoms with Crippen molar-refractivity contribution in [1.29, 1.82) is 0 Å². The number of nitrogens with two attached hydrogens (primary N) is 1. The summed E-state index contributed by atoms with van der Waals surface area (Å²) < 4.78 is 27.4. The number of amides is 2. The normalized spacial score (nSPS) is 23.1. The number of carbonyl (C=O) groups is 2. The fraction of sp³-hybridized carbons (Fsp3) is 0.647. The molecule has 2 aliphatic heterocycles. The van der Waals surface area contributed by atoms with Crippen molar-refractivity contribution in [1.82, 2.24) is 9.21 Å². The van der Waals surface area contributed by atoms with E-state index in [9.17, 15) is 18.0 Å². The number of thiophene rings is 1. The number of carbonyl (C=O) groups excluding carboxylic acids is 2. The lowest BCUT2D eigenvalue weighted by Gasteiger charge is -2.36. The van der Waals surface area contributed by atoms with Gasteiger partial charge in [-0.15, -0.1) is 11.3 Å². The van der Waals surface area contributed by atoms with Crippen LogP contribution in [0.2, 0.25) is 0 Å². The molecule has 0 radical (unpaired) electrons. The molecule has 2 amide bonds. The van der Waals surface area contributed by atoms with Gasteiger partial charge in [0.25, 0.3) is 10.0 Å². The molecule has 2 aliphatic rings. The lowest BCUT2D eigenvalue weighted by molar-refractivity contribution is -0.139. The van der Waals surface area contributed by atoms with Gasteiger partial charge < -0.3 is 10.6 Å². The van der Waals surface area contributed by atoms with Crippen LogP contribution < -0.4 is 5.73 Å². The molecule has 0 aliphatic carbocycles. The molecule has 0 saturated carbocycles. The number of hydrogen-bond acceptors (Lipinski definition) is 5. The molecule has 0 spiro atoms. The topological polar surface area (TPSA) is 101 Å². The Morgan fingerprint density at radius 3 is 2.38 bits per heavy atom. The Morgan fingerprint density at radius 2 is 1.81 bits per heavy atom. The third kappa shape index (κ3) is 3.94. The number of aryl methyl sites for hydroxylation is 1. The molecule has 2 fully saturated rings. The molecular formula is C17H25N3O4S2. The molecule has 9 heteroatoms. The number of nitrogens with zero attached hydrogens (tertiary/aromatic N) is 2. The Balaban J connectivity index is 1.65. The van der Waals surface area contributed by atoms with Crippen LogP contribution in [-0.2, 0) is 19.6 Å². The van der Waals surface area contributed by atoms with Crippen LogP contribution in [-0.4, -0.2) is 55.6 Å². The molecule has 3 rings (SSSR count). The molecule has 144 valence electrons. The van der Waals surface area contributed by atoms with Crippen LogP contribution in [0.15, 0.2) is 16.3 Å². The summed E-state index contributed by atoms with van der Waals surface area (Å²) in [6, 6.07) is 3.43. The van der Waals surface area contributed by atoms with Crippen LogP contribution in [0.5, 0.6) is 0 Å². The van der Waals surface area contributed by atoms with Gasteiger partial charge in [-0.05, 0) is 44.7 Å². The van der Waals surface area contributed by atoms with Crippen LogP contribution in [0.1, 0.15) is 30.6 Å². The number of hydrogen-bond donors (Lipinski definition) is 1. The number of likely N-dealkylation sites (tertiary alicyclic amines) is 1. The molecule has 1 aromatic rings. The fourth-order valence-corrected chi connectivity index (χ4v) is 6.64. The van der Waals surface area contributed by atoms with Crippen LogP contribution >= 0.6 is 11.3 Å². The molecule has 1 aromatic heterocycles. The molecule has 1 atom stereocenters. The van der Waals surface area contributed by atoms with Gasteiger partial charge in [-0.25, -0.2) is 8.42 Å². The first-order chi connectivity index (χ1) is 12.3. The van der Waals surface area contributed by atoms with Crippen molar-refractivity contribution in [2.45, 2.75) is 36.8 Å². The number of rotatable bonds is 4. The average molecular weight is 400 g/mol. The minimum absolute atomic E-state index is 0.00446. The standard InChI is InChI=1S/C17H25N3O4S2/c1-12-4-5-15(25-12)26(23,24)20-8-2-3-14(11-20)17(22)19-9-6-13(7-10-19)16(18)21/h4-5,13-14H,2-3,6-11H2,1H3,(H2,18,21). The van der Waals surface area contributed by atoms with E-state index in [1.165, 1.54) is 15.6 Å². The Kier molecular flexibility index (Phi) is 5.69. The Labute approximate surface area is 158 Å². The summed E-state index contributed by atoms with van der Waals surface area (Å²) in [6.07, 6.45) is 2.55. The van der Waals surface area contributed by atoms with Gasteiger partial charge in [-0.1, -0.05) is 0 Å². The van der Waals surface area contributed by atoms with Gasteiger partial charge in [-0.2, -0.15) is 4.31 Å². The predicted molar refractivity (Wildman–Crippen MR) is 99.0 cm³/mol. The van der Waals surface area contributed by atoms with Gasteiger partial charge in [-0.3, -0.25) is 9.59 Å². The average Bonchev–Trinajstić information content (AvgIpc) is 3.08. The van der Waals surface area contributed by atoms with E-state index in [0.717, 1.165) is 4.88 Å². The number of piperidine rings is 2. The van der Waals surface area contributed by atoms with Crippen molar-refractivity contribution >= 4 is 33.2 Å². The second kappa shape index (κ2) is 7.66. The zero-order valence-electron chi connectivity index (χ0n) is 14.9. The third-order valence-electron chi connectivity index (χ3n) is 5.25. The summed E-state index contributed by atoms with van der Waals surface area (Å²) in [4.78, 5) is 26.8. The van der Waals surface area contributed by atoms with E-state index >= 15 is 0 Å². The monoisotopic (exact) mass is 399 g/mol. The molecule has 26 heavy (non-hydrogen) atoms. The fourth-order valence-electron chi connectivity index (χ4n) is 3.68. The summed E-state index contributed by atoms with van der Waals surface area (Å²) in [5, 5.41) is 0. The van der Waals surface area contributed by atoms with Gasteiger partial charge in [0.15, 0.2) is 0 Å². The zero-order valence-corrected chi connectivity index (χ0v) is 16.5. The highest BCUT2D eigenvalue weighted by atomic mass is 32.2. The van der Waals surface area contributed by atoms with Crippen molar-refractivity contribution in [3.63, 3.8) is 0 Å². The van der Waals surface area contributed by atoms with Crippen molar-refractivity contribution in [3.05, 3.63) is 17.0 Å². The summed E-state index contributed by atoms with van der Waals surface area (Å²) in [5.41, 5.74) is 5.34. The van der Waals surface area contributed by atoms with E-state index in [1.807, 2.05) is 6.92 Å². The van der Waals surface area contributed by atoms with E-state index in [0.29, 0.717) is 49.5 Å². The maximum absolute atomic E-state index is 12.8. The minimum Gasteiger partial charge on any atom is -0.369 e. The quantitative estimate of drug-likeness (QED) is 0.821. The molecule has 1 unspecified atom stereocenters. The van der Waals surface area contributed by atoms with E-state index in [2.05, 4.69) is 0 Å². The lowest BCUT2D eigenvalue weighted by atomic mass is 9.93. The minimum atomic E-state index is -3.54. The third-order valence-corrected chi connectivity index (χ3v) is 8.59. The number of primary amides is 1. The molecule has 0 aromatic carbocycles. The van der Waals surface area contributed by atoms with E-state index in [4.69, 9.17) is 5.73 Å². The molecule has 3 heterocycles. The highest BCUT2D eigenvalue weighted by Crippen LogP contribution is 2.29. The second-order valence-corrected chi connectivity index (χ2v) is 10.5. The van der Waals surface area contributed by atoms with Crippen LogP contribution in [0.4, 0.5) is 0 Å². The first-order valence-electron chi connectivity index (χ1n) is 8.93. The molecule has 2 N–H and O–H groups in total. The Hall–Kier alpha value is -1.45. The summed E-state index contributed by atoms with van der Waals surface area (Å²) in [5.74, 6) is -0.789. The van der Waals surface area contributed by atoms with Crippen LogP contribution in [0, 0.1) is 18.8 Å². The molecule has 0 bridgehead atoms. The van der Waals surface area contributed by atoms with E-state index in [-0.39, 0.29) is 30.2 Å². The van der Waals surface area contributed by atoms with Gasteiger partial charge in [0.1, 0.15) is 4.21 Å². The first kappa shape index (κ1) is 19.3. The predicted octanol–water partition coefficient (Wildman–Crippen LogP) is 1.18. The first-order valence-corrected chi connectivity index (χ1v) is 11.2. The lowest BCUT2D eigenvalue weighted by Crippen LogP contribution is -2.49. The van der Waals surface area contributed by atoms with Crippen LogP contribution in [0.25, 0.3) is 0 Å². The Bertz CT molecular complexity index is 782. The van der Waals surface area contributed by atoms with Gasteiger partial charge in [0.05, 0.1) is 5.92 Å². The molecule has 2 saturated heterocycles. The van der Waals surface area contributed by atoms with E-state index < -0.39 is 10.0 Å². The zero-order chi connectivity index (χ0) is 18.9. The van der Waals surface area contributed by atoms with Crippen molar-refractivity contribution < 1.29 is 18.0 Å². The van der Waals surface area contributed by atoms with Crippen molar-refractivity contribution in [3.8, 4) is 0 Å². The molecular weight excluding hydrogens is 374 g/mol. The van der Waals surface area contributed by atoms with Crippen LogP contribution in [0.3, 0.4) is 0 Å². The van der Waals surface area contributed by atoms with Gasteiger partial charge in [0, 0.05) is 37.0 Å². The SMILES string of the molecule is Cc1ccc(S(=O)(=O)N2CCCC(C(=O)N3CCC(C(N)=O)CC3)C2)s1. The summed E-state index contributed by atoms with van der Waals surface area (Å²) >= 11 is 1.26. The molecule has 7 nitrogen and oxygen atoms in total. The Morgan fingerprint density at radius 1 is 1.12 bits per heavy atom. The highest BCUT2D eigenvalue weighted by molar-refractivity contribution is 7.91. The van der Waals surface area contributed by atoms with Gasteiger partial charge >= 0.3 is 0 Å². The summed E-state index contributed by atoms with van der Waals surface area (Å²) in [7, 11) is -3.54. The summed E-state index contributed by atoms with van der Waals surface area (Å²) in [6.45, 7) is 3.59. The van der Waals surface area contributed by atoms with Gasteiger partial charge in [0.2, 0.25) is 11.8 Å². The van der Waals surface area contributed by atoms with Crippen molar-refractivity contribution in [2.24, 2.45) is 17.6 Å². The smallest absolute Gasteiger partial charge is 0.252 e. The van der Waals surface area contributed by atoms with Crippen molar-refractivity contribution in [2.75, 3.05) is 26.2 Å². The maximum atomic E-state index is 12.8. The van der Waals surface area contributed by atoms with E-state index in [1.54, 1.807) is 17.0 Å². The second-order valence-electron chi connectivity index (χ2n) is 7.07. The maximum Gasteiger partial charge on any atom is 0.252 e.